The molecule has 0 atom stereocenters. The maximum absolute atomic E-state index is 9.19. The number of benzene rings is 1. The molecule has 84 valence electrons. The molecule has 16 heavy (non-hydrogen) atoms. The summed E-state index contributed by atoms with van der Waals surface area (Å²) in [5.41, 5.74) is 0.769. The van der Waals surface area contributed by atoms with Crippen LogP contribution in [0.15, 0.2) is 34.2 Å². The van der Waals surface area contributed by atoms with E-state index < -0.39 is 0 Å². The number of aliphatic hydroxyl groups is 1. The van der Waals surface area contributed by atoms with Crippen molar-refractivity contribution in [2.75, 3.05) is 0 Å². The number of aromatic nitrogens is 1. The van der Waals surface area contributed by atoms with Gasteiger partial charge < -0.3 is 9.84 Å². The first-order valence-corrected chi connectivity index (χ1v) is 6.38. The summed E-state index contributed by atoms with van der Waals surface area (Å²) in [5.74, 6) is 0.681. The van der Waals surface area contributed by atoms with E-state index in [1.165, 1.54) is 0 Å². The molecule has 1 N–H and O–H groups in total. The molecule has 0 radical (unpaired) electrons. The second-order valence-electron chi connectivity index (χ2n) is 3.10. The van der Waals surface area contributed by atoms with E-state index in [1.807, 2.05) is 23.6 Å². The second-order valence-corrected chi connectivity index (χ2v) is 4.93. The highest BCUT2D eigenvalue weighted by atomic mass is 79.9. The normalized spacial score (nSPS) is 10.4. The molecule has 0 saturated heterocycles. The van der Waals surface area contributed by atoms with Crippen molar-refractivity contribution in [3.8, 4) is 5.75 Å². The molecule has 3 nitrogen and oxygen atoms in total. The van der Waals surface area contributed by atoms with Crippen LogP contribution in [0, 0.1) is 0 Å². The summed E-state index contributed by atoms with van der Waals surface area (Å²) in [7, 11) is 0. The smallest absolute Gasteiger partial charge is 0.140 e. The fourth-order valence-electron chi connectivity index (χ4n) is 1.30. The number of ether oxygens (including phenoxy) is 1. The molecule has 0 amide bonds. The molecule has 0 saturated carbocycles. The molecule has 1 aromatic heterocycles. The molecular weight excluding hydrogens is 290 g/mol. The summed E-state index contributed by atoms with van der Waals surface area (Å²) < 4.78 is 6.49. The SMILES string of the molecule is OCc1cccc(Br)c1OCc1nccs1. The first kappa shape index (κ1) is 11.6. The van der Waals surface area contributed by atoms with E-state index in [-0.39, 0.29) is 6.61 Å². The van der Waals surface area contributed by atoms with Crippen molar-refractivity contribution >= 4 is 27.3 Å². The molecule has 0 spiro atoms. The summed E-state index contributed by atoms with van der Waals surface area (Å²) in [4.78, 5) is 4.13. The summed E-state index contributed by atoms with van der Waals surface area (Å²) in [6.45, 7) is 0.389. The van der Waals surface area contributed by atoms with Crippen molar-refractivity contribution < 1.29 is 9.84 Å². The maximum Gasteiger partial charge on any atom is 0.140 e. The van der Waals surface area contributed by atoms with Gasteiger partial charge in [-0.25, -0.2) is 4.98 Å². The Labute approximate surface area is 106 Å². The van der Waals surface area contributed by atoms with Gasteiger partial charge in [-0.1, -0.05) is 12.1 Å². The van der Waals surface area contributed by atoms with Crippen molar-refractivity contribution in [1.29, 1.82) is 0 Å². The third-order valence-electron chi connectivity index (χ3n) is 2.04. The highest BCUT2D eigenvalue weighted by Crippen LogP contribution is 2.29. The Balaban J connectivity index is 2.14. The lowest BCUT2D eigenvalue weighted by Crippen LogP contribution is -1.99. The Morgan fingerprint density at radius 3 is 3.00 bits per heavy atom. The first-order chi connectivity index (χ1) is 7.81. The lowest BCUT2D eigenvalue weighted by atomic mass is 10.2. The molecule has 2 rings (SSSR count). The quantitative estimate of drug-likeness (QED) is 0.944. The Hall–Kier alpha value is -0.910. The highest BCUT2D eigenvalue weighted by Gasteiger charge is 2.08. The Kier molecular flexibility index (Phi) is 3.93. The summed E-state index contributed by atoms with van der Waals surface area (Å²) in [5, 5.41) is 12.0. The molecular formula is C11H10BrNO2S. The van der Waals surface area contributed by atoms with Crippen LogP contribution in [0.5, 0.6) is 5.75 Å². The lowest BCUT2D eigenvalue weighted by Gasteiger charge is -2.10. The number of nitrogens with zero attached hydrogens (tertiary/aromatic N) is 1. The Bertz CT molecular complexity index is 459. The molecule has 1 heterocycles. The molecule has 2 aromatic rings. The Morgan fingerprint density at radius 2 is 2.31 bits per heavy atom. The van der Waals surface area contributed by atoms with E-state index in [9.17, 15) is 5.11 Å². The van der Waals surface area contributed by atoms with Crippen LogP contribution in [0.25, 0.3) is 0 Å². The van der Waals surface area contributed by atoms with Gasteiger partial charge in [0.1, 0.15) is 17.4 Å². The van der Waals surface area contributed by atoms with E-state index in [0.29, 0.717) is 12.4 Å². The molecule has 0 unspecified atom stereocenters. The van der Waals surface area contributed by atoms with Gasteiger partial charge in [0.15, 0.2) is 0 Å². The maximum atomic E-state index is 9.19. The van der Waals surface area contributed by atoms with E-state index in [0.717, 1.165) is 15.0 Å². The number of hydrogen-bond donors (Lipinski definition) is 1. The zero-order chi connectivity index (χ0) is 11.4. The van der Waals surface area contributed by atoms with Gasteiger partial charge in [-0.05, 0) is 22.0 Å². The monoisotopic (exact) mass is 299 g/mol. The molecule has 1 aromatic carbocycles. The fraction of sp³-hybridized carbons (Fsp3) is 0.182. The largest absolute Gasteiger partial charge is 0.485 e. The standard InChI is InChI=1S/C11H10BrNO2S/c12-9-3-1-2-8(6-14)11(9)15-7-10-13-4-5-16-10/h1-5,14H,6-7H2. The van der Waals surface area contributed by atoms with Crippen molar-refractivity contribution in [1.82, 2.24) is 4.98 Å². The molecule has 0 bridgehead atoms. The van der Waals surface area contributed by atoms with Crippen molar-refractivity contribution in [3.63, 3.8) is 0 Å². The van der Waals surface area contributed by atoms with Crippen LogP contribution in [0.3, 0.4) is 0 Å². The zero-order valence-corrected chi connectivity index (χ0v) is 10.8. The van der Waals surface area contributed by atoms with Crippen LogP contribution in [0.1, 0.15) is 10.6 Å². The molecule has 0 fully saturated rings. The summed E-state index contributed by atoms with van der Waals surface area (Å²) >= 11 is 4.95. The highest BCUT2D eigenvalue weighted by molar-refractivity contribution is 9.10. The van der Waals surface area contributed by atoms with Crippen LogP contribution < -0.4 is 4.74 Å². The van der Waals surface area contributed by atoms with Crippen LogP contribution in [0.4, 0.5) is 0 Å². The zero-order valence-electron chi connectivity index (χ0n) is 8.39. The second kappa shape index (κ2) is 5.43. The number of hydrogen-bond acceptors (Lipinski definition) is 4. The van der Waals surface area contributed by atoms with Crippen LogP contribution in [0.2, 0.25) is 0 Å². The first-order valence-electron chi connectivity index (χ1n) is 4.70. The van der Waals surface area contributed by atoms with E-state index in [2.05, 4.69) is 20.9 Å². The van der Waals surface area contributed by atoms with E-state index in [1.54, 1.807) is 17.5 Å². The van der Waals surface area contributed by atoms with E-state index in [4.69, 9.17) is 4.74 Å². The minimum atomic E-state index is -0.0351. The molecule has 5 heteroatoms. The summed E-state index contributed by atoms with van der Waals surface area (Å²) in [6, 6.07) is 5.59. The summed E-state index contributed by atoms with van der Waals surface area (Å²) in [6.07, 6.45) is 1.75. The number of thiazole rings is 1. The minimum Gasteiger partial charge on any atom is -0.485 e. The van der Waals surface area contributed by atoms with Crippen molar-refractivity contribution in [3.05, 3.63) is 44.8 Å². The van der Waals surface area contributed by atoms with Crippen LogP contribution >= 0.6 is 27.3 Å². The van der Waals surface area contributed by atoms with Crippen LogP contribution in [-0.4, -0.2) is 10.1 Å². The Morgan fingerprint density at radius 1 is 1.44 bits per heavy atom. The predicted molar refractivity (Wildman–Crippen MR) is 66.5 cm³/mol. The number of halogens is 1. The van der Waals surface area contributed by atoms with Gasteiger partial charge in [0.05, 0.1) is 11.1 Å². The van der Waals surface area contributed by atoms with Gasteiger partial charge in [-0.15, -0.1) is 11.3 Å². The predicted octanol–water partition coefficient (Wildman–Crippen LogP) is 2.98. The van der Waals surface area contributed by atoms with Gasteiger partial charge in [-0.3, -0.25) is 0 Å². The van der Waals surface area contributed by atoms with E-state index >= 15 is 0 Å². The molecule has 0 aliphatic carbocycles. The fourth-order valence-corrected chi connectivity index (χ4v) is 2.35. The van der Waals surface area contributed by atoms with Crippen molar-refractivity contribution in [2.45, 2.75) is 13.2 Å². The minimum absolute atomic E-state index is 0.0351. The lowest BCUT2D eigenvalue weighted by molar-refractivity contribution is 0.258. The van der Waals surface area contributed by atoms with Crippen molar-refractivity contribution in [2.24, 2.45) is 0 Å². The number of aliphatic hydroxyl groups excluding tert-OH is 1. The molecule has 0 aliphatic rings. The van der Waals surface area contributed by atoms with Gasteiger partial charge >= 0.3 is 0 Å². The third kappa shape index (κ3) is 2.61. The third-order valence-corrected chi connectivity index (χ3v) is 3.42. The van der Waals surface area contributed by atoms with Crippen LogP contribution in [-0.2, 0) is 13.2 Å². The molecule has 0 aliphatic heterocycles. The van der Waals surface area contributed by atoms with Gasteiger partial charge in [0.25, 0.3) is 0 Å². The van der Waals surface area contributed by atoms with Gasteiger partial charge in [0.2, 0.25) is 0 Å². The van der Waals surface area contributed by atoms with Gasteiger partial charge in [-0.2, -0.15) is 0 Å². The van der Waals surface area contributed by atoms with Gasteiger partial charge in [0, 0.05) is 17.1 Å². The average molecular weight is 300 g/mol. The number of rotatable bonds is 4. The average Bonchev–Trinajstić information content (AvgIpc) is 2.80. The number of para-hydroxylation sites is 1. The topological polar surface area (TPSA) is 42.4 Å².